The number of para-hydroxylation sites is 1. The molecule has 6 nitrogen and oxygen atoms in total. The summed E-state index contributed by atoms with van der Waals surface area (Å²) in [5, 5.41) is 1.57. The van der Waals surface area contributed by atoms with Crippen LogP contribution in [0.15, 0.2) is 46.7 Å². The quantitative estimate of drug-likeness (QED) is 0.739. The summed E-state index contributed by atoms with van der Waals surface area (Å²) in [6.07, 6.45) is 0. The molecule has 146 valence electrons. The van der Waals surface area contributed by atoms with Crippen molar-refractivity contribution in [3.8, 4) is 0 Å². The molecule has 1 fully saturated rings. The molecule has 0 unspecified atom stereocenters. The second-order valence-corrected chi connectivity index (χ2v) is 9.20. The maximum absolute atomic E-state index is 12.8. The van der Waals surface area contributed by atoms with Crippen LogP contribution in [-0.4, -0.2) is 62.8 Å². The number of sulfonamides is 1. The van der Waals surface area contributed by atoms with Gasteiger partial charge in [-0.2, -0.15) is 4.31 Å². The largest absolute Gasteiger partial charge is 0.368 e. The highest BCUT2D eigenvalue weighted by Gasteiger charge is 2.27. The fourth-order valence-electron chi connectivity index (χ4n) is 3.24. The minimum absolute atomic E-state index is 0.0892. The van der Waals surface area contributed by atoms with Crippen molar-refractivity contribution in [1.29, 1.82) is 0 Å². The molecule has 3 rings (SSSR count). The van der Waals surface area contributed by atoms with Crippen molar-refractivity contribution >= 4 is 33.0 Å². The van der Waals surface area contributed by atoms with Crippen molar-refractivity contribution in [2.24, 2.45) is 0 Å². The minimum atomic E-state index is -3.52. The Morgan fingerprint density at radius 3 is 2.30 bits per heavy atom. The average molecular weight is 408 g/mol. The number of nitrogens with zero attached hydrogens (tertiary/aromatic N) is 3. The number of amides is 1. The van der Waals surface area contributed by atoms with E-state index < -0.39 is 10.0 Å². The Kier molecular flexibility index (Phi) is 6.18. The Labute approximate surface area is 165 Å². The van der Waals surface area contributed by atoms with Gasteiger partial charge in [-0.1, -0.05) is 32.0 Å². The van der Waals surface area contributed by atoms with Crippen LogP contribution in [0.2, 0.25) is 0 Å². The number of hydrogen-bond acceptors (Lipinski definition) is 5. The lowest BCUT2D eigenvalue weighted by molar-refractivity contribution is 0.0751. The maximum Gasteiger partial charge on any atom is 0.264 e. The van der Waals surface area contributed by atoms with Crippen LogP contribution in [0.1, 0.15) is 23.5 Å². The van der Waals surface area contributed by atoms with Gasteiger partial charge < -0.3 is 9.80 Å². The second-order valence-electron chi connectivity index (χ2n) is 6.35. The zero-order valence-corrected chi connectivity index (χ0v) is 17.3. The Hall–Kier alpha value is -1.90. The molecule has 0 aliphatic carbocycles. The van der Waals surface area contributed by atoms with Gasteiger partial charge in [-0.3, -0.25) is 4.79 Å². The van der Waals surface area contributed by atoms with E-state index in [1.165, 1.54) is 21.7 Å². The van der Waals surface area contributed by atoms with Crippen LogP contribution >= 0.6 is 11.3 Å². The van der Waals surface area contributed by atoms with E-state index in [0.29, 0.717) is 31.1 Å². The van der Waals surface area contributed by atoms with Gasteiger partial charge in [0.05, 0.1) is 9.77 Å². The molecule has 0 N–H and O–H groups in total. The Balaban J connectivity index is 1.67. The lowest BCUT2D eigenvalue weighted by Gasteiger charge is -2.36. The molecule has 8 heteroatoms. The number of hydrogen-bond donors (Lipinski definition) is 0. The molecule has 1 aliphatic heterocycles. The van der Waals surface area contributed by atoms with Crippen LogP contribution in [0.25, 0.3) is 0 Å². The van der Waals surface area contributed by atoms with Crippen molar-refractivity contribution in [2.45, 2.75) is 18.7 Å². The van der Waals surface area contributed by atoms with E-state index >= 15 is 0 Å². The Morgan fingerprint density at radius 2 is 1.70 bits per heavy atom. The van der Waals surface area contributed by atoms with E-state index in [4.69, 9.17) is 0 Å². The normalized spacial score (nSPS) is 15.4. The van der Waals surface area contributed by atoms with E-state index in [0.717, 1.165) is 18.8 Å². The van der Waals surface area contributed by atoms with E-state index in [-0.39, 0.29) is 10.8 Å². The molecule has 1 aliphatic rings. The molecular weight excluding hydrogens is 382 g/mol. The number of rotatable bonds is 6. The highest BCUT2D eigenvalue weighted by Crippen LogP contribution is 2.25. The molecule has 0 atom stereocenters. The second kappa shape index (κ2) is 8.41. The standard InChI is InChI=1S/C19H25N3O3S2/c1-3-22(4-2)27(24,25)17-14-18(26-15-17)19(23)21-12-10-20(11-13-21)16-8-6-5-7-9-16/h5-9,14-15H,3-4,10-13H2,1-2H3. The molecule has 27 heavy (non-hydrogen) atoms. The molecular formula is C19H25N3O3S2. The van der Waals surface area contributed by atoms with Gasteiger partial charge in [0.1, 0.15) is 0 Å². The van der Waals surface area contributed by atoms with Gasteiger partial charge in [0.25, 0.3) is 5.91 Å². The molecule has 2 aromatic rings. The summed E-state index contributed by atoms with van der Waals surface area (Å²) >= 11 is 1.20. The molecule has 0 radical (unpaired) electrons. The van der Waals surface area contributed by atoms with Gasteiger partial charge in [-0.15, -0.1) is 11.3 Å². The third kappa shape index (κ3) is 4.17. The summed E-state index contributed by atoms with van der Waals surface area (Å²) in [6, 6.07) is 11.7. The Bertz CT molecular complexity index is 869. The van der Waals surface area contributed by atoms with Crippen LogP contribution in [0.5, 0.6) is 0 Å². The first-order valence-corrected chi connectivity index (χ1v) is 11.5. The molecule has 1 amide bonds. The van der Waals surface area contributed by atoms with Crippen LogP contribution in [-0.2, 0) is 10.0 Å². The third-order valence-corrected chi connectivity index (χ3v) is 7.91. The van der Waals surface area contributed by atoms with E-state index in [9.17, 15) is 13.2 Å². The van der Waals surface area contributed by atoms with Crippen molar-refractivity contribution in [3.05, 3.63) is 46.7 Å². The van der Waals surface area contributed by atoms with Crippen molar-refractivity contribution in [2.75, 3.05) is 44.2 Å². The summed E-state index contributed by atoms with van der Waals surface area (Å²) in [4.78, 5) is 17.6. The Morgan fingerprint density at radius 1 is 1.07 bits per heavy atom. The predicted molar refractivity (Wildman–Crippen MR) is 109 cm³/mol. The molecule has 1 aromatic carbocycles. The number of carbonyl (C=O) groups excluding carboxylic acids is 1. The van der Waals surface area contributed by atoms with Gasteiger partial charge in [-0.05, 0) is 18.2 Å². The molecule has 1 aromatic heterocycles. The number of benzene rings is 1. The van der Waals surface area contributed by atoms with E-state index in [2.05, 4.69) is 17.0 Å². The molecule has 2 heterocycles. The van der Waals surface area contributed by atoms with E-state index in [1.807, 2.05) is 32.0 Å². The van der Waals surface area contributed by atoms with Gasteiger partial charge in [0.15, 0.2) is 0 Å². The summed E-state index contributed by atoms with van der Waals surface area (Å²) in [5.74, 6) is -0.0892. The van der Waals surface area contributed by atoms with Crippen molar-refractivity contribution < 1.29 is 13.2 Å². The molecule has 0 spiro atoms. The summed E-state index contributed by atoms with van der Waals surface area (Å²) < 4.78 is 26.6. The van der Waals surface area contributed by atoms with Crippen molar-refractivity contribution in [1.82, 2.24) is 9.21 Å². The van der Waals surface area contributed by atoms with Gasteiger partial charge in [-0.25, -0.2) is 8.42 Å². The number of piperazine rings is 1. The maximum atomic E-state index is 12.8. The predicted octanol–water partition coefficient (Wildman–Crippen LogP) is 2.74. The molecule has 1 saturated heterocycles. The highest BCUT2D eigenvalue weighted by atomic mass is 32.2. The van der Waals surface area contributed by atoms with Crippen LogP contribution < -0.4 is 4.90 Å². The van der Waals surface area contributed by atoms with Crippen LogP contribution in [0.4, 0.5) is 5.69 Å². The fourth-order valence-corrected chi connectivity index (χ4v) is 5.93. The van der Waals surface area contributed by atoms with Gasteiger partial charge in [0, 0.05) is 50.3 Å². The lowest BCUT2D eigenvalue weighted by Crippen LogP contribution is -2.48. The van der Waals surface area contributed by atoms with Crippen LogP contribution in [0, 0.1) is 0 Å². The highest BCUT2D eigenvalue weighted by molar-refractivity contribution is 7.89. The summed E-state index contributed by atoms with van der Waals surface area (Å²) in [5.41, 5.74) is 1.16. The first kappa shape index (κ1) is 19.9. The first-order valence-electron chi connectivity index (χ1n) is 9.15. The SMILES string of the molecule is CCN(CC)S(=O)(=O)c1csc(C(=O)N2CCN(c3ccccc3)CC2)c1. The van der Waals surface area contributed by atoms with E-state index in [1.54, 1.807) is 10.3 Å². The fraction of sp³-hybridized carbons (Fsp3) is 0.421. The average Bonchev–Trinajstić information content (AvgIpc) is 3.20. The topological polar surface area (TPSA) is 60.9 Å². The van der Waals surface area contributed by atoms with Gasteiger partial charge in [0.2, 0.25) is 10.0 Å². The number of thiophene rings is 1. The summed E-state index contributed by atoms with van der Waals surface area (Å²) in [6.45, 7) is 7.25. The van der Waals surface area contributed by atoms with Crippen molar-refractivity contribution in [3.63, 3.8) is 0 Å². The summed E-state index contributed by atoms with van der Waals surface area (Å²) in [7, 11) is -3.52. The van der Waals surface area contributed by atoms with Crippen LogP contribution in [0.3, 0.4) is 0 Å². The minimum Gasteiger partial charge on any atom is -0.368 e. The molecule has 0 saturated carbocycles. The number of anilines is 1. The zero-order chi connectivity index (χ0) is 19.4. The smallest absolute Gasteiger partial charge is 0.264 e. The van der Waals surface area contributed by atoms with Gasteiger partial charge >= 0.3 is 0 Å². The third-order valence-electron chi connectivity index (χ3n) is 4.82. The lowest BCUT2D eigenvalue weighted by atomic mass is 10.2. The monoisotopic (exact) mass is 407 g/mol. The zero-order valence-electron chi connectivity index (χ0n) is 15.7. The first-order chi connectivity index (χ1) is 13.0. The molecule has 0 bridgehead atoms. The number of carbonyl (C=O) groups is 1.